The van der Waals surface area contributed by atoms with Gasteiger partial charge in [0.2, 0.25) is 8.32 Å². The van der Waals surface area contributed by atoms with Crippen molar-refractivity contribution in [2.75, 3.05) is 61.5 Å². The van der Waals surface area contributed by atoms with Crippen LogP contribution in [-0.2, 0) is 126 Å². The van der Waals surface area contributed by atoms with E-state index in [0.29, 0.717) is 0 Å². The molecule has 0 bridgehead atoms. The molecule has 8 aromatic rings. The van der Waals surface area contributed by atoms with Gasteiger partial charge in [0, 0.05) is 28.4 Å². The highest BCUT2D eigenvalue weighted by molar-refractivity contribution is 6.77. The van der Waals surface area contributed by atoms with Crippen LogP contribution in [0.5, 0.6) is 0 Å². The maximum absolute atomic E-state index is 15.3. The molecular weight excluding hydrogens is 1580 g/mol. The summed E-state index contributed by atoms with van der Waals surface area (Å²) < 4.78 is 145. The van der Waals surface area contributed by atoms with Gasteiger partial charge >= 0.3 is 23.9 Å². The molecule has 8 aromatic carbocycles. The summed E-state index contributed by atoms with van der Waals surface area (Å²) in [4.78, 5) is 59.8. The van der Waals surface area contributed by atoms with Gasteiger partial charge in [-0.05, 0) is 87.4 Å². The molecule has 20 atom stereocenters. The summed E-state index contributed by atoms with van der Waals surface area (Å²) in [5.41, 5.74) is 4.32. The van der Waals surface area contributed by atoms with E-state index in [0.717, 1.165) is 22.3 Å². The number of methoxy groups -OCH3 is 4. The molecule has 26 heteroatoms. The van der Waals surface area contributed by atoms with Crippen molar-refractivity contribution < 1.29 is 118 Å². The van der Waals surface area contributed by atoms with E-state index < -0.39 is 155 Å². The van der Waals surface area contributed by atoms with E-state index in [2.05, 4.69) is 48.1 Å². The fourth-order valence-electron chi connectivity index (χ4n) is 16.5. The second-order valence-electron chi connectivity index (χ2n) is 31.2. The molecule has 0 amide bonds. The third kappa shape index (κ3) is 23.7. The zero-order valence-corrected chi connectivity index (χ0v) is 71.7. The van der Waals surface area contributed by atoms with Crippen molar-refractivity contribution in [3.05, 3.63) is 300 Å². The number of ether oxygens (including phenoxy) is 20. The van der Waals surface area contributed by atoms with Crippen LogP contribution < -0.4 is 0 Å². The highest BCUT2D eigenvalue weighted by Crippen LogP contribution is 2.47. The highest BCUT2D eigenvalue weighted by Gasteiger charge is 2.61. The molecule has 12 rings (SSSR count). The molecule has 0 aliphatic carbocycles. The fourth-order valence-corrected chi connectivity index (χ4v) is 22.1. The van der Waals surface area contributed by atoms with Crippen molar-refractivity contribution in [2.45, 2.75) is 207 Å². The van der Waals surface area contributed by atoms with Crippen molar-refractivity contribution in [3.8, 4) is 0 Å². The van der Waals surface area contributed by atoms with Crippen molar-refractivity contribution in [1.29, 1.82) is 0 Å². The first-order chi connectivity index (χ1) is 59.4. The lowest BCUT2D eigenvalue weighted by atomic mass is 9.94. The Hall–Kier alpha value is -9.08. The molecule has 4 heterocycles. The maximum Gasteiger partial charge on any atom is 0.338 e. The molecule has 0 radical (unpaired) electrons. The number of esters is 4. The van der Waals surface area contributed by atoms with Gasteiger partial charge in [0.1, 0.15) is 73.2 Å². The van der Waals surface area contributed by atoms with E-state index in [9.17, 15) is 9.59 Å². The summed E-state index contributed by atoms with van der Waals surface area (Å²) >= 11 is 0. The Balaban J connectivity index is 0.977. The first-order valence-electron chi connectivity index (χ1n) is 41.5. The first-order valence-corrected chi connectivity index (χ1v) is 43.7. The topological polar surface area (TPSA) is 262 Å². The minimum atomic E-state index is -2.90. The zero-order chi connectivity index (χ0) is 85.9. The number of rotatable bonds is 42. The lowest BCUT2D eigenvalue weighted by molar-refractivity contribution is -0.390. The Labute approximate surface area is 715 Å². The Bertz CT molecular complexity index is 4410. The van der Waals surface area contributed by atoms with E-state index in [1.165, 1.54) is 34.5 Å². The molecule has 25 nitrogen and oxygen atoms in total. The molecule has 4 fully saturated rings. The van der Waals surface area contributed by atoms with Gasteiger partial charge in [-0.2, -0.15) is 0 Å². The van der Waals surface area contributed by atoms with Gasteiger partial charge in [-0.15, -0.1) is 6.58 Å². The van der Waals surface area contributed by atoms with E-state index >= 15 is 9.59 Å². The predicted molar refractivity (Wildman–Crippen MR) is 451 cm³/mol. The Morgan fingerprint density at radius 1 is 0.311 bits per heavy atom. The van der Waals surface area contributed by atoms with Crippen LogP contribution in [0.15, 0.2) is 255 Å². The van der Waals surface area contributed by atoms with Gasteiger partial charge in [-0.1, -0.05) is 242 Å². The minimum Gasteiger partial charge on any atom is -0.450 e. The molecule has 0 unspecified atom stereocenters. The minimum absolute atomic E-state index is 0.0395. The van der Waals surface area contributed by atoms with Gasteiger partial charge in [0.25, 0.3) is 0 Å². The van der Waals surface area contributed by atoms with E-state index in [4.69, 9.17) is 99.2 Å². The Morgan fingerprint density at radius 3 is 0.770 bits per heavy atom. The molecule has 0 aromatic heterocycles. The lowest BCUT2D eigenvalue weighted by Gasteiger charge is -2.53. The quantitative estimate of drug-likeness (QED) is 0.0149. The summed E-state index contributed by atoms with van der Waals surface area (Å²) in [5, 5.41) is 0. The van der Waals surface area contributed by atoms with Crippen LogP contribution in [0.4, 0.5) is 0 Å². The maximum atomic E-state index is 15.3. The molecular formula is C96H114O25Si. The molecule has 4 aliphatic rings. The summed E-state index contributed by atoms with van der Waals surface area (Å²) in [6, 6.07) is 71.8. The number of hydrogen-bond donors (Lipinski definition) is 0. The summed E-state index contributed by atoms with van der Waals surface area (Å²) in [6.45, 7) is 16.5. The van der Waals surface area contributed by atoms with Crippen LogP contribution >= 0.6 is 0 Å². The summed E-state index contributed by atoms with van der Waals surface area (Å²) in [6.07, 6.45) is -26.0. The van der Waals surface area contributed by atoms with Gasteiger partial charge < -0.3 is 99.2 Å². The molecule has 0 spiro atoms. The average Bonchev–Trinajstić information content (AvgIpc) is 0.748. The SMILES string of the molecule is C=CCO[C@H]1O[C@H](COCc2ccccc2)[C@@H](O[C@H]2O[C@H](COCc3ccccc3)[C@@H](O[C@H]3O[C@H](COCc4ccccc4)[C@@H](O[C@H]4O[C@H](COCc5ccccc5)[C@@H](O[Si](C(C)C)(C(C)C)C(C)C)[C@H](OC)[C@@H]4OC(=O)c4ccccc4)[C@H](OC)[C@@H]3OC(=O)c3ccccc3)[C@H](OC)[C@@H]2OC(=O)c2ccccc2)[C@H](OC)[C@@H]1OC(=O)c1ccccc1. The van der Waals surface area contributed by atoms with Crippen LogP contribution in [0.1, 0.15) is 105 Å². The van der Waals surface area contributed by atoms with Crippen LogP contribution in [0, 0.1) is 0 Å². The van der Waals surface area contributed by atoms with Gasteiger partial charge in [-0.25, -0.2) is 19.2 Å². The van der Waals surface area contributed by atoms with E-state index in [1.807, 2.05) is 121 Å². The molecule has 4 saturated heterocycles. The normalized spacial score (nSPS) is 26.8. The van der Waals surface area contributed by atoms with Crippen LogP contribution in [-0.4, -0.2) is 216 Å². The number of hydrogen-bond acceptors (Lipinski definition) is 25. The van der Waals surface area contributed by atoms with Gasteiger partial charge in [0.15, 0.2) is 49.6 Å². The monoisotopic (exact) mass is 1690 g/mol. The molecule has 652 valence electrons. The number of carbonyl (C=O) groups is 4. The van der Waals surface area contributed by atoms with Crippen LogP contribution in [0.25, 0.3) is 0 Å². The third-order valence-corrected chi connectivity index (χ3v) is 28.4. The first kappa shape index (κ1) is 92.1. The van der Waals surface area contributed by atoms with Crippen molar-refractivity contribution in [3.63, 3.8) is 0 Å². The lowest BCUT2D eigenvalue weighted by Crippen LogP contribution is -2.69. The molecule has 4 aliphatic heterocycles. The second-order valence-corrected chi connectivity index (χ2v) is 36.7. The molecule has 122 heavy (non-hydrogen) atoms. The van der Waals surface area contributed by atoms with Gasteiger partial charge in [0.05, 0.1) is 81.7 Å². The third-order valence-electron chi connectivity index (χ3n) is 22.3. The zero-order valence-electron chi connectivity index (χ0n) is 70.7. The summed E-state index contributed by atoms with van der Waals surface area (Å²) in [5.74, 6) is -3.11. The largest absolute Gasteiger partial charge is 0.450 e. The van der Waals surface area contributed by atoms with E-state index in [1.54, 1.807) is 121 Å². The smallest absolute Gasteiger partial charge is 0.338 e. The highest BCUT2D eigenvalue weighted by atomic mass is 28.4. The van der Waals surface area contributed by atoms with Crippen molar-refractivity contribution in [2.24, 2.45) is 0 Å². The summed E-state index contributed by atoms with van der Waals surface area (Å²) in [7, 11) is 2.88. The fraction of sp³-hybridized carbons (Fsp3) is 0.438. The van der Waals surface area contributed by atoms with Gasteiger partial charge in [-0.3, -0.25) is 0 Å². The van der Waals surface area contributed by atoms with E-state index in [-0.39, 0.29) is 98.3 Å². The standard InChI is InChI=1S/C96H114O25Si/c1-12-53-109-93-85(114-89(97)69-45-29-17-30-46-69)81(101-8)77(73(110-93)58-105-54-65-37-21-13-22-38-65)118-94-86(115-90(98)70-47-31-18-32-48-70)82(102-9)78(74(111-94)59-106-55-66-39-23-14-24-40-66)119-95-87(116-91(99)71-49-33-19-34-50-71)83(103-10)79(75(112-95)60-107-56-67-41-25-15-26-42-67)120-96-88(117-92(100)72-51-35-20-36-52-72)84(104-11)80(121-122(62(2)3,63(4)5)64(6)7)76(113-96)61-108-57-68-43-27-16-28-44-68/h12-52,62-64,73-88,93-96H,1,53-61H2,2-11H3/t73-,74-,75-,76-,77-,78-,79-,80-,81+,82+,83+,84+,85+,86+,87+,88+,93+,94-,95-,96-/m1/s1. The molecule has 0 saturated carbocycles. The molecule has 0 N–H and O–H groups in total. The Kier molecular flexibility index (Phi) is 34.8. The Morgan fingerprint density at radius 2 is 0.533 bits per heavy atom. The second kappa shape index (κ2) is 46.0. The predicted octanol–water partition coefficient (Wildman–Crippen LogP) is 14.6. The number of benzene rings is 8. The van der Waals surface area contributed by atoms with Crippen LogP contribution in [0.2, 0.25) is 16.6 Å². The van der Waals surface area contributed by atoms with Crippen molar-refractivity contribution in [1.82, 2.24) is 0 Å². The average molecular weight is 1700 g/mol. The van der Waals surface area contributed by atoms with Crippen molar-refractivity contribution >= 4 is 32.2 Å². The number of carbonyl (C=O) groups excluding carboxylic acids is 4. The van der Waals surface area contributed by atoms with Crippen LogP contribution in [0.3, 0.4) is 0 Å².